The van der Waals surface area contributed by atoms with Crippen LogP contribution in [0.25, 0.3) is 10.9 Å². The average molecular weight is 561 g/mol. The van der Waals surface area contributed by atoms with Gasteiger partial charge in [-0.1, -0.05) is 18.2 Å². The SMILES string of the molecule is NC(N)=NCCCC(N)C(=O)N1CCCC1C(=O)NC(CS)C(=O)NC(Cc1c[nH]c2ccccc12)C(=O)O. The Labute approximate surface area is 231 Å². The molecule has 1 fully saturated rings. The number of carbonyl (C=O) groups is 4. The van der Waals surface area contributed by atoms with Crippen molar-refractivity contribution in [2.75, 3.05) is 18.8 Å². The van der Waals surface area contributed by atoms with Crippen LogP contribution in [0.3, 0.4) is 0 Å². The quantitative estimate of drug-likeness (QED) is 0.0659. The van der Waals surface area contributed by atoms with Crippen LogP contribution in [0, 0.1) is 0 Å². The van der Waals surface area contributed by atoms with Crippen LogP contribution < -0.4 is 27.8 Å². The van der Waals surface area contributed by atoms with Gasteiger partial charge in [-0.2, -0.15) is 12.6 Å². The Hall–Kier alpha value is -3.78. The zero-order valence-corrected chi connectivity index (χ0v) is 22.4. The molecule has 0 spiro atoms. The van der Waals surface area contributed by atoms with Gasteiger partial charge in [-0.05, 0) is 37.3 Å². The van der Waals surface area contributed by atoms with Crippen molar-refractivity contribution >= 4 is 53.2 Å². The van der Waals surface area contributed by atoms with E-state index in [2.05, 4.69) is 33.2 Å². The molecule has 39 heavy (non-hydrogen) atoms. The summed E-state index contributed by atoms with van der Waals surface area (Å²) in [6.07, 6.45) is 3.62. The summed E-state index contributed by atoms with van der Waals surface area (Å²) in [5.41, 5.74) is 18.2. The highest BCUT2D eigenvalue weighted by Crippen LogP contribution is 2.21. The Morgan fingerprint density at radius 3 is 2.62 bits per heavy atom. The maximum atomic E-state index is 13.1. The van der Waals surface area contributed by atoms with Crippen molar-refractivity contribution in [3.63, 3.8) is 0 Å². The van der Waals surface area contributed by atoms with Crippen LogP contribution in [0.15, 0.2) is 35.5 Å². The second-order valence-corrected chi connectivity index (χ2v) is 9.82. The van der Waals surface area contributed by atoms with Crippen molar-refractivity contribution in [2.45, 2.75) is 56.3 Å². The van der Waals surface area contributed by atoms with E-state index in [4.69, 9.17) is 17.2 Å². The number of aliphatic imine (C=N–C) groups is 1. The van der Waals surface area contributed by atoms with Gasteiger partial charge in [0.1, 0.15) is 18.1 Å². The van der Waals surface area contributed by atoms with Crippen molar-refractivity contribution in [3.05, 3.63) is 36.0 Å². The van der Waals surface area contributed by atoms with Crippen LogP contribution in [-0.2, 0) is 25.6 Å². The number of carbonyl (C=O) groups excluding carboxylic acids is 3. The Balaban J connectivity index is 1.59. The van der Waals surface area contributed by atoms with Crippen LogP contribution in [0.5, 0.6) is 0 Å². The highest BCUT2D eigenvalue weighted by atomic mass is 32.1. The van der Waals surface area contributed by atoms with E-state index >= 15 is 0 Å². The minimum absolute atomic E-state index is 0.0402. The number of rotatable bonds is 13. The molecule has 212 valence electrons. The van der Waals surface area contributed by atoms with Crippen LogP contribution >= 0.6 is 12.6 Å². The number of carboxylic acids is 1. The third-order valence-electron chi connectivity index (χ3n) is 6.65. The normalized spacial score (nSPS) is 17.3. The highest BCUT2D eigenvalue weighted by molar-refractivity contribution is 7.80. The number of hydrogen-bond donors (Lipinski definition) is 8. The lowest BCUT2D eigenvalue weighted by atomic mass is 10.0. The van der Waals surface area contributed by atoms with E-state index in [1.165, 1.54) is 4.90 Å². The van der Waals surface area contributed by atoms with Gasteiger partial charge in [-0.25, -0.2) is 4.79 Å². The molecular weight excluding hydrogens is 524 g/mol. The fourth-order valence-corrected chi connectivity index (χ4v) is 4.87. The fraction of sp³-hybridized carbons (Fsp3) is 0.480. The molecule has 4 atom stereocenters. The van der Waals surface area contributed by atoms with Gasteiger partial charge >= 0.3 is 5.97 Å². The Bertz CT molecular complexity index is 1210. The van der Waals surface area contributed by atoms with E-state index in [1.54, 1.807) is 6.20 Å². The number of carboxylic acid groups (broad SMARTS) is 1. The molecule has 0 bridgehead atoms. The maximum absolute atomic E-state index is 13.1. The molecule has 1 aliphatic heterocycles. The molecule has 1 saturated heterocycles. The number of aliphatic carboxylic acids is 1. The number of nitrogens with two attached hydrogens (primary N) is 3. The number of amides is 3. The van der Waals surface area contributed by atoms with Gasteiger partial charge < -0.3 is 42.8 Å². The Morgan fingerprint density at radius 1 is 1.18 bits per heavy atom. The number of fused-ring (bicyclic) bond motifs is 1. The van der Waals surface area contributed by atoms with E-state index in [1.807, 2.05) is 24.3 Å². The molecule has 4 unspecified atom stereocenters. The summed E-state index contributed by atoms with van der Waals surface area (Å²) in [4.78, 5) is 59.3. The number of thiol groups is 1. The van der Waals surface area contributed by atoms with Crippen molar-refractivity contribution in [3.8, 4) is 0 Å². The van der Waals surface area contributed by atoms with Crippen LogP contribution in [-0.4, -0.2) is 87.7 Å². The number of aromatic amines is 1. The molecule has 2 aromatic rings. The number of nitrogens with zero attached hydrogens (tertiary/aromatic N) is 2. The van der Waals surface area contributed by atoms with Crippen LogP contribution in [0.4, 0.5) is 0 Å². The van der Waals surface area contributed by atoms with Gasteiger partial charge in [0.15, 0.2) is 5.96 Å². The van der Waals surface area contributed by atoms with E-state index in [9.17, 15) is 24.3 Å². The van der Waals surface area contributed by atoms with Gasteiger partial charge in [0.2, 0.25) is 17.7 Å². The summed E-state index contributed by atoms with van der Waals surface area (Å²) in [6, 6.07) is 3.50. The standard InChI is InChI=1S/C25H36N8O5S/c26-16(6-3-9-29-25(27)28)23(36)33-10-4-8-20(33)22(35)32-19(13-39)21(34)31-18(24(37)38)11-14-12-30-17-7-2-1-5-15(14)17/h1-2,5,7,12,16,18-20,30,39H,3-4,6,8-11,13,26H2,(H,31,34)(H,32,35)(H,37,38)(H4,27,28,29). The second-order valence-electron chi connectivity index (χ2n) is 9.45. The van der Waals surface area contributed by atoms with Crippen LogP contribution in [0.1, 0.15) is 31.2 Å². The lowest BCUT2D eigenvalue weighted by Gasteiger charge is -2.28. The summed E-state index contributed by atoms with van der Waals surface area (Å²) in [6.45, 7) is 0.700. The number of aromatic nitrogens is 1. The van der Waals surface area contributed by atoms with Crippen LogP contribution in [0.2, 0.25) is 0 Å². The molecule has 13 nitrogen and oxygen atoms in total. The Morgan fingerprint density at radius 2 is 1.92 bits per heavy atom. The zero-order chi connectivity index (χ0) is 28.5. The molecule has 0 saturated carbocycles. The van der Waals surface area contributed by atoms with E-state index < -0.39 is 42.0 Å². The first-order chi connectivity index (χ1) is 18.6. The molecule has 0 aliphatic carbocycles. The maximum Gasteiger partial charge on any atom is 0.326 e. The molecule has 0 radical (unpaired) electrons. The van der Waals surface area contributed by atoms with Gasteiger partial charge in [0.25, 0.3) is 0 Å². The third kappa shape index (κ3) is 7.86. The van der Waals surface area contributed by atoms with Gasteiger partial charge in [-0.3, -0.25) is 19.4 Å². The fourth-order valence-electron chi connectivity index (χ4n) is 4.61. The zero-order valence-electron chi connectivity index (χ0n) is 21.5. The summed E-state index contributed by atoms with van der Waals surface area (Å²) >= 11 is 4.18. The van der Waals surface area contributed by atoms with Crippen molar-refractivity contribution in [1.82, 2.24) is 20.5 Å². The monoisotopic (exact) mass is 560 g/mol. The molecule has 3 rings (SSSR count). The highest BCUT2D eigenvalue weighted by Gasteiger charge is 2.37. The van der Waals surface area contributed by atoms with Gasteiger partial charge in [0, 0.05) is 42.4 Å². The predicted molar refractivity (Wildman–Crippen MR) is 150 cm³/mol. The molecule has 3 amide bonds. The molecule has 1 aromatic heterocycles. The van der Waals surface area contributed by atoms with E-state index in [0.29, 0.717) is 38.8 Å². The lowest BCUT2D eigenvalue weighted by Crippen LogP contribution is -2.57. The second kappa shape index (κ2) is 13.8. The summed E-state index contributed by atoms with van der Waals surface area (Å²) in [7, 11) is 0. The summed E-state index contributed by atoms with van der Waals surface area (Å²) < 4.78 is 0. The van der Waals surface area contributed by atoms with E-state index in [0.717, 1.165) is 16.5 Å². The minimum Gasteiger partial charge on any atom is -0.480 e. The molecule has 1 aliphatic rings. The molecule has 1 aromatic carbocycles. The van der Waals surface area contributed by atoms with Crippen molar-refractivity contribution < 1.29 is 24.3 Å². The molecule has 10 N–H and O–H groups in total. The number of benzene rings is 1. The smallest absolute Gasteiger partial charge is 0.326 e. The molecule has 2 heterocycles. The van der Waals surface area contributed by atoms with Gasteiger partial charge in [0.05, 0.1) is 6.04 Å². The minimum atomic E-state index is -1.22. The van der Waals surface area contributed by atoms with Gasteiger partial charge in [-0.15, -0.1) is 0 Å². The number of nitrogens with one attached hydrogen (secondary N) is 3. The summed E-state index contributed by atoms with van der Waals surface area (Å²) in [5, 5.41) is 15.7. The average Bonchev–Trinajstić information content (AvgIpc) is 3.56. The topological polar surface area (TPSA) is 222 Å². The lowest BCUT2D eigenvalue weighted by molar-refractivity contribution is -0.143. The summed E-state index contributed by atoms with van der Waals surface area (Å²) in [5.74, 6) is -2.89. The molecule has 14 heteroatoms. The van der Waals surface area contributed by atoms with Crippen molar-refractivity contribution in [1.29, 1.82) is 0 Å². The third-order valence-corrected chi connectivity index (χ3v) is 7.02. The first-order valence-electron chi connectivity index (χ1n) is 12.7. The predicted octanol–water partition coefficient (Wildman–Crippen LogP) is -0.934. The first kappa shape index (κ1) is 29.8. The first-order valence-corrected chi connectivity index (χ1v) is 13.4. The number of guanidine groups is 1. The van der Waals surface area contributed by atoms with Crippen molar-refractivity contribution in [2.24, 2.45) is 22.2 Å². The molecular formula is C25H36N8O5S. The number of para-hydroxylation sites is 1. The van der Waals surface area contributed by atoms with E-state index in [-0.39, 0.29) is 24.0 Å². The number of H-pyrrole nitrogens is 1. The number of hydrogen-bond acceptors (Lipinski definition) is 7. The largest absolute Gasteiger partial charge is 0.480 e. The Kier molecular flexibility index (Phi) is 10.6. The number of likely N-dealkylation sites (tertiary alicyclic amines) is 1.